The molecule has 9 heteroatoms. The van der Waals surface area contributed by atoms with Crippen molar-refractivity contribution in [2.24, 2.45) is 0 Å². The van der Waals surface area contributed by atoms with Crippen molar-refractivity contribution in [3.8, 4) is 0 Å². The summed E-state index contributed by atoms with van der Waals surface area (Å²) in [7, 11) is 0. The van der Waals surface area contributed by atoms with Gasteiger partial charge in [-0.2, -0.15) is 13.2 Å². The van der Waals surface area contributed by atoms with E-state index in [0.717, 1.165) is 17.0 Å². The van der Waals surface area contributed by atoms with Gasteiger partial charge in [0.15, 0.2) is 0 Å². The first-order chi connectivity index (χ1) is 9.59. The summed E-state index contributed by atoms with van der Waals surface area (Å²) >= 11 is 0. The fourth-order valence-electron chi connectivity index (χ4n) is 1.74. The Morgan fingerprint density at radius 1 is 1.10 bits per heavy atom. The number of carboxylic acids is 2. The molecule has 21 heavy (non-hydrogen) atoms. The van der Waals surface area contributed by atoms with Crippen LogP contribution >= 0.6 is 0 Å². The Balaban J connectivity index is 3.08. The molecule has 1 rings (SSSR count). The Bertz CT molecular complexity index is 529. The first kappa shape index (κ1) is 16.9. The van der Waals surface area contributed by atoms with Crippen LogP contribution in [0.15, 0.2) is 18.2 Å². The van der Waals surface area contributed by atoms with Crippen LogP contribution in [0, 0.1) is 5.82 Å². The Morgan fingerprint density at radius 2 is 1.62 bits per heavy atom. The van der Waals surface area contributed by atoms with E-state index in [1.54, 1.807) is 0 Å². The standard InChI is InChI=1S/C12H11F4NO4/c13-8-2-1-7(9(3-8)12(14,15)16)4-17(5-10(18)19)6-11(20)21/h1-3H,4-6H2,(H,18,19)(H,20,21). The van der Waals surface area contributed by atoms with E-state index in [0.29, 0.717) is 0 Å². The smallest absolute Gasteiger partial charge is 0.416 e. The second-order valence-electron chi connectivity index (χ2n) is 4.23. The van der Waals surface area contributed by atoms with Crippen molar-refractivity contribution in [1.29, 1.82) is 0 Å². The van der Waals surface area contributed by atoms with Crippen molar-refractivity contribution in [1.82, 2.24) is 4.90 Å². The van der Waals surface area contributed by atoms with Gasteiger partial charge in [-0.3, -0.25) is 14.5 Å². The summed E-state index contributed by atoms with van der Waals surface area (Å²) in [6.07, 6.45) is -4.82. The molecule has 0 unspecified atom stereocenters. The summed E-state index contributed by atoms with van der Waals surface area (Å²) in [5.41, 5.74) is -1.66. The van der Waals surface area contributed by atoms with E-state index in [9.17, 15) is 27.2 Å². The lowest BCUT2D eigenvalue weighted by molar-refractivity contribution is -0.142. The Kier molecular flexibility index (Phi) is 5.25. The highest BCUT2D eigenvalue weighted by molar-refractivity contribution is 5.72. The van der Waals surface area contributed by atoms with Gasteiger partial charge in [0.1, 0.15) is 5.82 Å². The second-order valence-corrected chi connectivity index (χ2v) is 4.23. The summed E-state index contributed by atoms with van der Waals surface area (Å²) in [5, 5.41) is 17.3. The predicted molar refractivity (Wildman–Crippen MR) is 62.0 cm³/mol. The molecule has 1 aromatic rings. The molecule has 0 atom stereocenters. The number of alkyl halides is 3. The summed E-state index contributed by atoms with van der Waals surface area (Å²) in [5.74, 6) is -3.85. The van der Waals surface area contributed by atoms with Gasteiger partial charge in [-0.15, -0.1) is 0 Å². The summed E-state index contributed by atoms with van der Waals surface area (Å²) in [4.78, 5) is 22.0. The lowest BCUT2D eigenvalue weighted by Gasteiger charge is -2.20. The van der Waals surface area contributed by atoms with Crippen LogP contribution in [0.3, 0.4) is 0 Å². The fourth-order valence-corrected chi connectivity index (χ4v) is 1.74. The third-order valence-corrected chi connectivity index (χ3v) is 2.49. The SMILES string of the molecule is O=C(O)CN(CC(=O)O)Cc1ccc(F)cc1C(F)(F)F. The minimum absolute atomic E-state index is 0.287. The van der Waals surface area contributed by atoms with E-state index in [-0.39, 0.29) is 6.07 Å². The number of hydrogen-bond acceptors (Lipinski definition) is 3. The van der Waals surface area contributed by atoms with Crippen LogP contribution in [0.25, 0.3) is 0 Å². The minimum Gasteiger partial charge on any atom is -0.480 e. The van der Waals surface area contributed by atoms with Crippen molar-refractivity contribution in [3.63, 3.8) is 0 Å². The third kappa shape index (κ3) is 5.38. The van der Waals surface area contributed by atoms with E-state index in [1.165, 1.54) is 0 Å². The topological polar surface area (TPSA) is 77.8 Å². The first-order valence-electron chi connectivity index (χ1n) is 5.61. The predicted octanol–water partition coefficient (Wildman–Crippen LogP) is 1.82. The molecule has 0 heterocycles. The number of aliphatic carboxylic acids is 2. The van der Waals surface area contributed by atoms with Crippen molar-refractivity contribution in [2.45, 2.75) is 12.7 Å². The van der Waals surface area contributed by atoms with E-state index in [1.807, 2.05) is 0 Å². The zero-order valence-electron chi connectivity index (χ0n) is 10.5. The molecular formula is C12H11F4NO4. The maximum atomic E-state index is 12.9. The molecule has 0 amide bonds. The molecule has 0 aliphatic carbocycles. The van der Waals surface area contributed by atoms with Crippen molar-refractivity contribution in [2.75, 3.05) is 13.1 Å². The van der Waals surface area contributed by atoms with Crippen LogP contribution in [-0.2, 0) is 22.3 Å². The second kappa shape index (κ2) is 6.53. The maximum absolute atomic E-state index is 12.9. The normalized spacial score (nSPS) is 11.7. The van der Waals surface area contributed by atoms with Gasteiger partial charge in [0, 0.05) is 6.54 Å². The third-order valence-electron chi connectivity index (χ3n) is 2.49. The van der Waals surface area contributed by atoms with Crippen LogP contribution in [-0.4, -0.2) is 40.1 Å². The molecular weight excluding hydrogens is 298 g/mol. The number of nitrogens with zero attached hydrogens (tertiary/aromatic N) is 1. The minimum atomic E-state index is -4.82. The fraction of sp³-hybridized carbons (Fsp3) is 0.333. The summed E-state index contributed by atoms with van der Waals surface area (Å²) < 4.78 is 51.3. The molecule has 0 saturated heterocycles. The van der Waals surface area contributed by atoms with Gasteiger partial charge in [-0.1, -0.05) is 6.07 Å². The molecule has 0 aliphatic rings. The van der Waals surface area contributed by atoms with Crippen LogP contribution in [0.1, 0.15) is 11.1 Å². The molecule has 2 N–H and O–H groups in total. The molecule has 0 aliphatic heterocycles. The summed E-state index contributed by atoms with van der Waals surface area (Å²) in [6, 6.07) is 1.94. The molecule has 1 aromatic carbocycles. The molecule has 0 fully saturated rings. The van der Waals surface area contributed by atoms with Crippen LogP contribution in [0.4, 0.5) is 17.6 Å². The van der Waals surface area contributed by atoms with Gasteiger partial charge in [-0.25, -0.2) is 4.39 Å². The highest BCUT2D eigenvalue weighted by Crippen LogP contribution is 2.33. The van der Waals surface area contributed by atoms with Gasteiger partial charge in [0.05, 0.1) is 18.7 Å². The molecule has 0 radical (unpaired) electrons. The van der Waals surface area contributed by atoms with Crippen molar-refractivity contribution >= 4 is 11.9 Å². The number of halogens is 4. The van der Waals surface area contributed by atoms with Crippen LogP contribution in [0.5, 0.6) is 0 Å². The lowest BCUT2D eigenvalue weighted by atomic mass is 10.1. The van der Waals surface area contributed by atoms with Crippen molar-refractivity contribution in [3.05, 3.63) is 35.1 Å². The van der Waals surface area contributed by atoms with Gasteiger partial charge >= 0.3 is 18.1 Å². The Hall–Kier alpha value is -2.16. The highest BCUT2D eigenvalue weighted by Gasteiger charge is 2.34. The average Bonchev–Trinajstić information content (AvgIpc) is 2.28. The van der Waals surface area contributed by atoms with E-state index in [2.05, 4.69) is 0 Å². The van der Waals surface area contributed by atoms with E-state index < -0.39 is 54.7 Å². The van der Waals surface area contributed by atoms with E-state index in [4.69, 9.17) is 10.2 Å². The van der Waals surface area contributed by atoms with Gasteiger partial charge in [0.2, 0.25) is 0 Å². The monoisotopic (exact) mass is 309 g/mol. The quantitative estimate of drug-likeness (QED) is 0.784. The maximum Gasteiger partial charge on any atom is 0.416 e. The van der Waals surface area contributed by atoms with Gasteiger partial charge in [-0.05, 0) is 17.7 Å². The zero-order valence-corrected chi connectivity index (χ0v) is 10.5. The highest BCUT2D eigenvalue weighted by atomic mass is 19.4. The number of hydrogen-bond donors (Lipinski definition) is 2. The lowest BCUT2D eigenvalue weighted by Crippen LogP contribution is -2.34. The number of carbonyl (C=O) groups is 2. The summed E-state index contributed by atoms with van der Waals surface area (Å²) in [6.45, 7) is -2.07. The number of carboxylic acid groups (broad SMARTS) is 2. The van der Waals surface area contributed by atoms with Crippen molar-refractivity contribution < 1.29 is 37.4 Å². The zero-order chi connectivity index (χ0) is 16.2. The van der Waals surface area contributed by atoms with Gasteiger partial charge < -0.3 is 10.2 Å². The van der Waals surface area contributed by atoms with E-state index >= 15 is 0 Å². The number of rotatable bonds is 6. The molecule has 116 valence electrons. The van der Waals surface area contributed by atoms with Gasteiger partial charge in [0.25, 0.3) is 0 Å². The molecule has 0 bridgehead atoms. The molecule has 0 spiro atoms. The average molecular weight is 309 g/mol. The Labute approximate surface area is 116 Å². The largest absolute Gasteiger partial charge is 0.480 e. The molecule has 0 saturated carbocycles. The Morgan fingerprint density at radius 3 is 2.05 bits per heavy atom. The number of benzene rings is 1. The van der Waals surface area contributed by atoms with Crippen LogP contribution in [0.2, 0.25) is 0 Å². The molecule has 5 nitrogen and oxygen atoms in total. The van der Waals surface area contributed by atoms with Crippen LogP contribution < -0.4 is 0 Å². The first-order valence-corrected chi connectivity index (χ1v) is 5.61. The molecule has 0 aromatic heterocycles.